The molecule has 218 valence electrons. The van der Waals surface area contributed by atoms with E-state index in [0.717, 1.165) is 60.2 Å². The third-order valence-electron chi connectivity index (χ3n) is 9.52. The molecule has 0 spiro atoms. The van der Waals surface area contributed by atoms with E-state index in [1.807, 2.05) is 24.0 Å². The second-order valence-corrected chi connectivity index (χ2v) is 12.3. The van der Waals surface area contributed by atoms with E-state index >= 15 is 0 Å². The van der Waals surface area contributed by atoms with E-state index < -0.39 is 11.7 Å². The van der Waals surface area contributed by atoms with Crippen molar-refractivity contribution in [1.29, 1.82) is 0 Å². The first-order valence-corrected chi connectivity index (χ1v) is 14.8. The minimum Gasteiger partial charge on any atom is -0.366 e. The molecule has 4 N–H and O–H groups in total. The number of halogens is 1. The molecule has 2 aliphatic carbocycles. The molecule has 1 aromatic carbocycles. The summed E-state index contributed by atoms with van der Waals surface area (Å²) in [5.74, 6) is -0.607. The predicted octanol–water partition coefficient (Wildman–Crippen LogP) is 3.93. The van der Waals surface area contributed by atoms with Gasteiger partial charge in [-0.3, -0.25) is 9.59 Å². The number of aryl methyl sites for hydroxylation is 1. The van der Waals surface area contributed by atoms with Crippen LogP contribution in [0.3, 0.4) is 0 Å². The summed E-state index contributed by atoms with van der Waals surface area (Å²) in [6.45, 7) is 3.47. The number of primary amides is 1. The van der Waals surface area contributed by atoms with E-state index in [9.17, 15) is 14.0 Å². The molecule has 0 radical (unpaired) electrons. The smallest absolute Gasteiger partial charge is 0.257 e. The van der Waals surface area contributed by atoms with E-state index in [1.54, 1.807) is 23.0 Å². The molecule has 43 heavy (non-hydrogen) atoms. The van der Waals surface area contributed by atoms with Gasteiger partial charge in [0, 0.05) is 54.1 Å². The van der Waals surface area contributed by atoms with Crippen molar-refractivity contribution < 1.29 is 14.0 Å². The first-order chi connectivity index (χ1) is 20.8. The van der Waals surface area contributed by atoms with Gasteiger partial charge < -0.3 is 20.9 Å². The molecule has 2 bridgehead atoms. The summed E-state index contributed by atoms with van der Waals surface area (Å²) in [6, 6.07) is 10.4. The fraction of sp³-hybridized carbons (Fsp3) is 0.344. The highest BCUT2D eigenvalue weighted by Gasteiger charge is 2.47. The Kier molecular flexibility index (Phi) is 5.71. The Balaban J connectivity index is 1.19. The molecule has 3 aliphatic rings. The van der Waals surface area contributed by atoms with E-state index in [2.05, 4.69) is 15.6 Å². The molecule has 1 saturated heterocycles. The van der Waals surface area contributed by atoms with Crippen molar-refractivity contribution >= 4 is 28.5 Å². The third kappa shape index (κ3) is 4.13. The fourth-order valence-electron chi connectivity index (χ4n) is 6.95. The molecule has 1 aliphatic heterocycles. The molecule has 11 heteroatoms. The number of rotatable bonds is 6. The van der Waals surface area contributed by atoms with Gasteiger partial charge in [0.1, 0.15) is 17.2 Å². The highest BCUT2D eigenvalue weighted by molar-refractivity contribution is 5.95. The van der Waals surface area contributed by atoms with Crippen LogP contribution in [0.1, 0.15) is 52.0 Å². The van der Waals surface area contributed by atoms with Crippen molar-refractivity contribution in [2.45, 2.75) is 51.2 Å². The summed E-state index contributed by atoms with van der Waals surface area (Å²) in [7, 11) is 0. The van der Waals surface area contributed by atoms with E-state index in [-0.39, 0.29) is 23.6 Å². The molecular formula is C32H31FN8O2. The molecule has 10 nitrogen and oxygen atoms in total. The van der Waals surface area contributed by atoms with Gasteiger partial charge in [-0.1, -0.05) is 6.07 Å². The Morgan fingerprint density at radius 3 is 2.60 bits per heavy atom. The lowest BCUT2D eigenvalue weighted by Crippen LogP contribution is -2.41. The topological polar surface area (TPSA) is 137 Å². The summed E-state index contributed by atoms with van der Waals surface area (Å²) < 4.78 is 18.5. The number of nitrogens with zero attached hydrogens (tertiary/aromatic N) is 6. The number of hydrogen-bond donors (Lipinski definition) is 2. The number of likely N-dealkylation sites (tertiary alicyclic amines) is 1. The minimum atomic E-state index is -0.809. The van der Waals surface area contributed by atoms with Gasteiger partial charge in [0.2, 0.25) is 0 Å². The standard InChI is InChI=1S/C32H31FN8O2/c1-16-28(38-41-15-21(12-36-30(16)41)32(43)40-14-20-6-9-25(40)27(20)34)26-11-19-5-8-24(37-31(19)39(26)13-17-2-3-17)18-4-7-22(29(35)42)23(33)10-18/h4-5,7-8,10-12,15,17,20,25,27H,2-3,6,9,13-14,34H2,1H3,(H2,35,42)/t20?,25?,27-/m1/s1. The van der Waals surface area contributed by atoms with Gasteiger partial charge in [0.25, 0.3) is 11.8 Å². The zero-order valence-corrected chi connectivity index (χ0v) is 23.7. The Morgan fingerprint density at radius 2 is 1.91 bits per heavy atom. The first-order valence-electron chi connectivity index (χ1n) is 14.8. The van der Waals surface area contributed by atoms with E-state index in [4.69, 9.17) is 21.5 Å². The van der Waals surface area contributed by atoms with Crippen molar-refractivity contribution in [2.75, 3.05) is 6.54 Å². The van der Waals surface area contributed by atoms with E-state index in [0.29, 0.717) is 40.8 Å². The van der Waals surface area contributed by atoms with Gasteiger partial charge in [-0.05, 0) is 74.8 Å². The molecular weight excluding hydrogens is 547 g/mol. The number of aromatic nitrogens is 5. The average Bonchev–Trinajstić information content (AvgIpc) is 3.41. The summed E-state index contributed by atoms with van der Waals surface area (Å²) in [5, 5.41) is 5.87. The van der Waals surface area contributed by atoms with Crippen LogP contribution in [0.15, 0.2) is 48.8 Å². The van der Waals surface area contributed by atoms with Gasteiger partial charge in [0.05, 0.1) is 22.5 Å². The Hall–Kier alpha value is -4.64. The molecule has 2 unspecified atom stereocenters. The van der Waals surface area contributed by atoms with Crippen molar-refractivity contribution in [3.8, 4) is 22.6 Å². The lowest BCUT2D eigenvalue weighted by molar-refractivity contribution is 0.0699. The number of pyridine rings is 1. The maximum atomic E-state index is 14.6. The Morgan fingerprint density at radius 1 is 1.07 bits per heavy atom. The van der Waals surface area contributed by atoms with Crippen LogP contribution in [-0.2, 0) is 6.54 Å². The van der Waals surface area contributed by atoms with Crippen LogP contribution in [-0.4, -0.2) is 59.5 Å². The third-order valence-corrected chi connectivity index (χ3v) is 9.52. The summed E-state index contributed by atoms with van der Waals surface area (Å²) in [4.78, 5) is 36.5. The van der Waals surface area contributed by atoms with Crippen LogP contribution in [0.5, 0.6) is 0 Å². The second-order valence-electron chi connectivity index (χ2n) is 12.3. The summed E-state index contributed by atoms with van der Waals surface area (Å²) >= 11 is 0. The predicted molar refractivity (Wildman–Crippen MR) is 159 cm³/mol. The number of fused-ring (bicyclic) bond motifs is 4. The van der Waals surface area contributed by atoms with Crippen LogP contribution in [0.4, 0.5) is 4.39 Å². The molecule has 3 atom stereocenters. The molecule has 2 saturated carbocycles. The number of benzene rings is 1. The number of piperidine rings is 1. The summed E-state index contributed by atoms with van der Waals surface area (Å²) in [6.07, 6.45) is 7.75. The van der Waals surface area contributed by atoms with Gasteiger partial charge >= 0.3 is 0 Å². The van der Waals surface area contributed by atoms with Crippen molar-refractivity contribution in [3.05, 3.63) is 71.3 Å². The maximum absolute atomic E-state index is 14.6. The maximum Gasteiger partial charge on any atom is 0.257 e. The molecule has 5 heterocycles. The van der Waals surface area contributed by atoms with Crippen molar-refractivity contribution in [3.63, 3.8) is 0 Å². The lowest BCUT2D eigenvalue weighted by Gasteiger charge is -2.27. The van der Waals surface area contributed by atoms with Crippen LogP contribution in [0.2, 0.25) is 0 Å². The fourth-order valence-corrected chi connectivity index (χ4v) is 6.95. The monoisotopic (exact) mass is 578 g/mol. The number of hydrogen-bond acceptors (Lipinski definition) is 6. The zero-order chi connectivity index (χ0) is 29.6. The second kappa shape index (κ2) is 9.43. The highest BCUT2D eigenvalue weighted by atomic mass is 19.1. The van der Waals surface area contributed by atoms with Gasteiger partial charge in [-0.2, -0.15) is 5.10 Å². The minimum absolute atomic E-state index is 0.0494. The lowest BCUT2D eigenvalue weighted by atomic mass is 10.1. The quantitative estimate of drug-likeness (QED) is 0.313. The van der Waals surface area contributed by atoms with Gasteiger partial charge in [-0.25, -0.2) is 18.9 Å². The van der Waals surface area contributed by atoms with Crippen LogP contribution >= 0.6 is 0 Å². The molecule has 8 rings (SSSR count). The SMILES string of the molecule is Cc1c(-c2cc3ccc(-c4ccc(C(N)=O)c(F)c4)nc3n2CC2CC2)nn2cc(C(=O)N3CC4CCC3[C@@H]4N)cnc12. The molecule has 4 aromatic heterocycles. The normalized spacial score (nSPS) is 21.4. The zero-order valence-electron chi connectivity index (χ0n) is 23.7. The highest BCUT2D eigenvalue weighted by Crippen LogP contribution is 2.39. The first kappa shape index (κ1) is 26.0. The number of carbonyl (C=O) groups excluding carboxylic acids is 2. The van der Waals surface area contributed by atoms with Crippen molar-refractivity contribution in [2.24, 2.45) is 23.3 Å². The van der Waals surface area contributed by atoms with Crippen LogP contribution in [0, 0.1) is 24.6 Å². The number of nitrogens with two attached hydrogens (primary N) is 2. The van der Waals surface area contributed by atoms with Gasteiger partial charge in [0.15, 0.2) is 5.65 Å². The summed E-state index contributed by atoms with van der Waals surface area (Å²) in [5.41, 5.74) is 17.2. The largest absolute Gasteiger partial charge is 0.366 e. The van der Waals surface area contributed by atoms with E-state index in [1.165, 1.54) is 12.1 Å². The number of amides is 2. The molecule has 5 aromatic rings. The molecule has 2 amide bonds. The average molecular weight is 579 g/mol. The van der Waals surface area contributed by atoms with Crippen LogP contribution < -0.4 is 11.5 Å². The van der Waals surface area contributed by atoms with Crippen LogP contribution in [0.25, 0.3) is 39.3 Å². The molecule has 3 fully saturated rings. The van der Waals surface area contributed by atoms with Gasteiger partial charge in [-0.15, -0.1) is 0 Å². The van der Waals surface area contributed by atoms with Crippen molar-refractivity contribution in [1.82, 2.24) is 29.0 Å². The Bertz CT molecular complexity index is 1980. The number of carbonyl (C=O) groups is 2. The Labute approximate surface area is 246 Å².